The fourth-order valence-corrected chi connectivity index (χ4v) is 4.53. The van der Waals surface area contributed by atoms with Crippen molar-refractivity contribution in [1.82, 2.24) is 14.9 Å². The van der Waals surface area contributed by atoms with Gasteiger partial charge in [0, 0.05) is 49.6 Å². The number of hydrogen-bond acceptors (Lipinski definition) is 6. The van der Waals surface area contributed by atoms with Crippen molar-refractivity contribution in [3.05, 3.63) is 71.8 Å². The maximum atomic E-state index is 12.7. The molecule has 1 fully saturated rings. The molecule has 0 atom stereocenters. The van der Waals surface area contributed by atoms with Gasteiger partial charge in [-0.2, -0.15) is 0 Å². The van der Waals surface area contributed by atoms with Crippen LogP contribution in [0.2, 0.25) is 0 Å². The van der Waals surface area contributed by atoms with Gasteiger partial charge in [0.05, 0.1) is 18.9 Å². The number of aromatic nitrogens is 2. The summed E-state index contributed by atoms with van der Waals surface area (Å²) in [5.74, 6) is 1.74. The van der Waals surface area contributed by atoms with Gasteiger partial charge in [0.1, 0.15) is 5.82 Å². The number of carbonyl (C=O) groups excluding carboxylic acids is 1. The molecule has 1 aliphatic rings. The zero-order valence-corrected chi connectivity index (χ0v) is 20.1. The van der Waals surface area contributed by atoms with Crippen LogP contribution < -0.4 is 4.90 Å². The number of morpholine rings is 1. The Kier molecular flexibility index (Phi) is 7.96. The van der Waals surface area contributed by atoms with E-state index in [1.54, 1.807) is 11.8 Å². The third-order valence-electron chi connectivity index (χ3n) is 5.58. The Morgan fingerprint density at radius 2 is 1.79 bits per heavy atom. The highest BCUT2D eigenvalue weighted by Crippen LogP contribution is 2.27. The lowest BCUT2D eigenvalue weighted by molar-refractivity contribution is 0.0303. The van der Waals surface area contributed by atoms with Crippen molar-refractivity contribution in [2.45, 2.75) is 24.3 Å². The van der Waals surface area contributed by atoms with Crippen molar-refractivity contribution >= 4 is 23.5 Å². The number of ether oxygens (including phenoxy) is 1. The summed E-state index contributed by atoms with van der Waals surface area (Å²) in [4.78, 5) is 26.3. The van der Waals surface area contributed by atoms with Crippen molar-refractivity contribution in [3.63, 3.8) is 0 Å². The molecule has 6 nitrogen and oxygen atoms in total. The molecule has 0 spiro atoms. The molecule has 0 radical (unpaired) electrons. The zero-order valence-electron chi connectivity index (χ0n) is 19.2. The van der Waals surface area contributed by atoms with Crippen molar-refractivity contribution in [2.75, 3.05) is 44.8 Å². The summed E-state index contributed by atoms with van der Waals surface area (Å²) in [6.45, 7) is 5.63. The molecule has 1 saturated heterocycles. The van der Waals surface area contributed by atoms with Gasteiger partial charge in [-0.15, -0.1) is 0 Å². The quantitative estimate of drug-likeness (QED) is 0.356. The average Bonchev–Trinajstić information content (AvgIpc) is 2.88. The van der Waals surface area contributed by atoms with Crippen LogP contribution in [0.25, 0.3) is 11.3 Å². The van der Waals surface area contributed by atoms with Crippen molar-refractivity contribution < 1.29 is 9.53 Å². The van der Waals surface area contributed by atoms with Gasteiger partial charge in [-0.3, -0.25) is 4.79 Å². The standard InChI is InChI=1S/C26H30N4O2S/c1-3-13-29(2)24-18-23(21-7-5-4-6-8-21)27-26(28-24)33-19-20-9-11-22(12-10-20)25(31)30-14-16-32-17-15-30/h4-12,18H,3,13-17,19H2,1-2H3. The Morgan fingerprint density at radius 3 is 2.48 bits per heavy atom. The van der Waals surface area contributed by atoms with Gasteiger partial charge >= 0.3 is 0 Å². The number of rotatable bonds is 8. The van der Waals surface area contributed by atoms with Crippen molar-refractivity contribution in [1.29, 1.82) is 0 Å². The lowest BCUT2D eigenvalue weighted by Crippen LogP contribution is -2.40. The van der Waals surface area contributed by atoms with Crippen molar-refractivity contribution in [2.24, 2.45) is 0 Å². The first-order valence-corrected chi connectivity index (χ1v) is 12.4. The van der Waals surface area contributed by atoms with Crippen LogP contribution in [0.1, 0.15) is 29.3 Å². The fraction of sp³-hybridized carbons (Fsp3) is 0.346. The number of amides is 1. The Hall–Kier alpha value is -2.90. The lowest BCUT2D eigenvalue weighted by Gasteiger charge is -2.26. The zero-order chi connectivity index (χ0) is 23.0. The average molecular weight is 463 g/mol. The number of hydrogen-bond donors (Lipinski definition) is 0. The third kappa shape index (κ3) is 6.12. The Bertz CT molecular complexity index is 1050. The number of carbonyl (C=O) groups is 1. The molecule has 2 aromatic carbocycles. The van der Waals surface area contributed by atoms with Crippen LogP contribution in [0.4, 0.5) is 5.82 Å². The number of thioether (sulfide) groups is 1. The first-order chi connectivity index (χ1) is 16.1. The molecule has 1 aromatic heterocycles. The Morgan fingerprint density at radius 1 is 1.06 bits per heavy atom. The minimum Gasteiger partial charge on any atom is -0.378 e. The summed E-state index contributed by atoms with van der Waals surface area (Å²) in [5.41, 5.74) is 3.86. The second kappa shape index (κ2) is 11.3. The number of anilines is 1. The maximum absolute atomic E-state index is 12.7. The van der Waals surface area contributed by atoms with Crippen LogP contribution in [0, 0.1) is 0 Å². The van der Waals surface area contributed by atoms with Crippen LogP contribution in [0.15, 0.2) is 65.8 Å². The van der Waals surface area contributed by atoms with E-state index in [2.05, 4.69) is 37.1 Å². The fourth-order valence-electron chi connectivity index (χ4n) is 3.72. The summed E-state index contributed by atoms with van der Waals surface area (Å²) >= 11 is 1.61. The molecule has 1 aliphatic heterocycles. The van der Waals surface area contributed by atoms with Gasteiger partial charge in [-0.25, -0.2) is 9.97 Å². The van der Waals surface area contributed by atoms with Gasteiger partial charge in [-0.1, -0.05) is 61.2 Å². The molecule has 2 heterocycles. The van der Waals surface area contributed by atoms with E-state index in [0.29, 0.717) is 26.3 Å². The normalized spacial score (nSPS) is 13.7. The minimum atomic E-state index is 0.0694. The molecular weight excluding hydrogens is 432 g/mol. The van der Waals surface area contributed by atoms with Crippen LogP contribution >= 0.6 is 11.8 Å². The monoisotopic (exact) mass is 462 g/mol. The van der Waals surface area contributed by atoms with Gasteiger partial charge in [0.2, 0.25) is 0 Å². The van der Waals surface area contributed by atoms with Crippen molar-refractivity contribution in [3.8, 4) is 11.3 Å². The highest BCUT2D eigenvalue weighted by atomic mass is 32.2. The predicted octanol–water partition coefficient (Wildman–Crippen LogP) is 4.75. The van der Waals surface area contributed by atoms with Crippen LogP contribution in [0.5, 0.6) is 0 Å². The first-order valence-electron chi connectivity index (χ1n) is 11.4. The predicted molar refractivity (Wildman–Crippen MR) is 134 cm³/mol. The molecule has 0 bridgehead atoms. The highest BCUT2D eigenvalue weighted by Gasteiger charge is 2.18. The molecule has 0 saturated carbocycles. The summed E-state index contributed by atoms with van der Waals surface area (Å²) in [7, 11) is 2.07. The SMILES string of the molecule is CCCN(C)c1cc(-c2ccccc2)nc(SCc2ccc(C(=O)N3CCOCC3)cc2)n1. The topological polar surface area (TPSA) is 58.6 Å². The summed E-state index contributed by atoms with van der Waals surface area (Å²) in [6, 6.07) is 20.1. The molecule has 0 unspecified atom stereocenters. The Labute approximate surface area is 200 Å². The second-order valence-corrected chi connectivity index (χ2v) is 9.01. The molecule has 0 N–H and O–H groups in total. The molecule has 33 heavy (non-hydrogen) atoms. The first kappa shape index (κ1) is 23.3. The molecule has 3 aromatic rings. The smallest absolute Gasteiger partial charge is 0.254 e. The molecular formula is C26H30N4O2S. The van der Waals surface area contributed by atoms with Crippen LogP contribution in [-0.4, -0.2) is 60.7 Å². The third-order valence-corrected chi connectivity index (χ3v) is 6.50. The number of benzene rings is 2. The Balaban J connectivity index is 1.47. The van der Waals surface area contributed by atoms with Crippen LogP contribution in [0.3, 0.4) is 0 Å². The van der Waals surface area contributed by atoms with Gasteiger partial charge < -0.3 is 14.5 Å². The summed E-state index contributed by atoms with van der Waals surface area (Å²) < 4.78 is 5.34. The van der Waals surface area contributed by atoms with E-state index in [1.807, 2.05) is 47.4 Å². The largest absolute Gasteiger partial charge is 0.378 e. The van der Waals surface area contributed by atoms with E-state index in [-0.39, 0.29) is 5.91 Å². The molecule has 4 rings (SSSR count). The minimum absolute atomic E-state index is 0.0694. The van der Waals surface area contributed by atoms with E-state index in [0.717, 1.165) is 52.1 Å². The summed E-state index contributed by atoms with van der Waals surface area (Å²) in [6.07, 6.45) is 1.05. The van der Waals surface area contributed by atoms with E-state index in [9.17, 15) is 4.79 Å². The molecule has 172 valence electrons. The maximum Gasteiger partial charge on any atom is 0.254 e. The highest BCUT2D eigenvalue weighted by molar-refractivity contribution is 7.98. The molecule has 7 heteroatoms. The van der Waals surface area contributed by atoms with E-state index in [4.69, 9.17) is 14.7 Å². The second-order valence-electron chi connectivity index (χ2n) is 8.07. The van der Waals surface area contributed by atoms with Crippen LogP contribution in [-0.2, 0) is 10.5 Å². The van der Waals surface area contributed by atoms with E-state index < -0.39 is 0 Å². The van der Waals surface area contributed by atoms with Gasteiger partial charge in [0.25, 0.3) is 5.91 Å². The molecule has 1 amide bonds. The lowest BCUT2D eigenvalue weighted by atomic mass is 10.1. The van der Waals surface area contributed by atoms with E-state index in [1.165, 1.54) is 0 Å². The molecule has 0 aliphatic carbocycles. The van der Waals surface area contributed by atoms with Gasteiger partial charge in [-0.05, 0) is 24.1 Å². The van der Waals surface area contributed by atoms with E-state index >= 15 is 0 Å². The van der Waals surface area contributed by atoms with Gasteiger partial charge in [0.15, 0.2) is 5.16 Å². The summed E-state index contributed by atoms with van der Waals surface area (Å²) in [5, 5.41) is 0.753. The number of nitrogens with zero attached hydrogens (tertiary/aromatic N) is 4.